The molecule has 2 aliphatic carbocycles. The van der Waals surface area contributed by atoms with Gasteiger partial charge in [0.15, 0.2) is 5.82 Å². The van der Waals surface area contributed by atoms with Gasteiger partial charge in [-0.3, -0.25) is 0 Å². The number of aliphatic hydroxyl groups excluding tert-OH is 3. The topological polar surface area (TPSA) is 103 Å². The molecule has 0 spiro atoms. The van der Waals surface area contributed by atoms with Gasteiger partial charge in [-0.05, 0) is 54.1 Å². The van der Waals surface area contributed by atoms with Crippen molar-refractivity contribution in [2.24, 2.45) is 5.92 Å². The molecule has 8 heteroatoms. The van der Waals surface area contributed by atoms with Crippen molar-refractivity contribution in [3.05, 3.63) is 70.0 Å². The van der Waals surface area contributed by atoms with Gasteiger partial charge in [-0.25, -0.2) is 4.52 Å². The van der Waals surface area contributed by atoms with Crippen LogP contribution >= 0.6 is 11.6 Å². The zero-order valence-corrected chi connectivity index (χ0v) is 16.3. The second-order valence-electron chi connectivity index (χ2n) is 7.66. The number of nitrogens with zero attached hydrogens (tertiary/aromatic N) is 3. The number of benzene rings is 1. The quantitative estimate of drug-likeness (QED) is 0.518. The fourth-order valence-corrected chi connectivity index (χ4v) is 4.71. The summed E-state index contributed by atoms with van der Waals surface area (Å²) in [6.45, 7) is -0.223. The molecule has 3 aromatic rings. The Morgan fingerprint density at radius 2 is 1.97 bits per heavy atom. The number of anilines is 1. The van der Waals surface area contributed by atoms with Gasteiger partial charge in [0.2, 0.25) is 5.28 Å². The molecule has 5 rings (SSSR count). The van der Waals surface area contributed by atoms with Crippen molar-refractivity contribution in [1.29, 1.82) is 0 Å². The number of fused-ring (bicyclic) bond motifs is 2. The maximum absolute atomic E-state index is 10.4. The third-order valence-corrected chi connectivity index (χ3v) is 6.19. The molecule has 0 fully saturated rings. The molecule has 150 valence electrons. The van der Waals surface area contributed by atoms with E-state index in [9.17, 15) is 15.3 Å². The minimum Gasteiger partial charge on any atom is -0.508 e. The van der Waals surface area contributed by atoms with Crippen LogP contribution in [0.5, 0.6) is 0 Å². The van der Waals surface area contributed by atoms with Gasteiger partial charge in [0.05, 0.1) is 24.3 Å². The van der Waals surface area contributed by atoms with Gasteiger partial charge in [0.25, 0.3) is 0 Å². The lowest BCUT2D eigenvalue weighted by molar-refractivity contribution is 0.203. The van der Waals surface area contributed by atoms with E-state index in [1.54, 1.807) is 4.52 Å². The number of nitrogens with one attached hydrogen (secondary N) is 1. The molecule has 2 aromatic heterocycles. The molecule has 1 aromatic carbocycles. The molecule has 3 atom stereocenters. The molecule has 29 heavy (non-hydrogen) atoms. The van der Waals surface area contributed by atoms with Crippen LogP contribution in [0.3, 0.4) is 0 Å². The highest BCUT2D eigenvalue weighted by Crippen LogP contribution is 2.42. The van der Waals surface area contributed by atoms with E-state index < -0.39 is 11.8 Å². The summed E-state index contributed by atoms with van der Waals surface area (Å²) >= 11 is 6.22. The van der Waals surface area contributed by atoms with Gasteiger partial charge in [-0.15, -0.1) is 5.10 Å². The van der Waals surface area contributed by atoms with Crippen LogP contribution in [0.4, 0.5) is 5.82 Å². The number of allylic oxidation sites excluding steroid dienone is 1. The van der Waals surface area contributed by atoms with Gasteiger partial charge in [0, 0.05) is 5.92 Å². The van der Waals surface area contributed by atoms with Crippen LogP contribution in [0.2, 0.25) is 5.28 Å². The van der Waals surface area contributed by atoms with Crippen molar-refractivity contribution in [1.82, 2.24) is 14.6 Å². The highest BCUT2D eigenvalue weighted by Gasteiger charge is 2.36. The van der Waals surface area contributed by atoms with Crippen LogP contribution in [0.1, 0.15) is 41.6 Å². The Morgan fingerprint density at radius 1 is 1.14 bits per heavy atom. The van der Waals surface area contributed by atoms with Crippen LogP contribution in [0.25, 0.3) is 5.52 Å². The monoisotopic (exact) mass is 412 g/mol. The molecular formula is C21H21ClN4O3. The van der Waals surface area contributed by atoms with Crippen LogP contribution in [-0.2, 0) is 6.42 Å². The predicted molar refractivity (Wildman–Crippen MR) is 109 cm³/mol. The van der Waals surface area contributed by atoms with Crippen molar-refractivity contribution < 1.29 is 15.3 Å². The molecule has 2 heterocycles. The molecule has 0 amide bonds. The normalized spacial score (nSPS) is 23.7. The fraction of sp³-hybridized carbons (Fsp3) is 0.333. The lowest BCUT2D eigenvalue weighted by atomic mass is 10.00. The van der Waals surface area contributed by atoms with Crippen molar-refractivity contribution in [3.8, 4) is 0 Å². The van der Waals surface area contributed by atoms with Crippen LogP contribution < -0.4 is 5.32 Å². The molecule has 2 unspecified atom stereocenters. The van der Waals surface area contributed by atoms with Crippen molar-refractivity contribution in [2.45, 2.75) is 31.2 Å². The van der Waals surface area contributed by atoms with E-state index >= 15 is 0 Å². The Kier molecular flexibility index (Phi) is 4.37. The molecule has 7 nitrogen and oxygen atoms in total. The zero-order valence-electron chi connectivity index (χ0n) is 15.6. The largest absolute Gasteiger partial charge is 0.508 e. The summed E-state index contributed by atoms with van der Waals surface area (Å²) in [5.74, 6) is -0.593. The minimum atomic E-state index is -0.476. The molecule has 0 saturated carbocycles. The summed E-state index contributed by atoms with van der Waals surface area (Å²) in [6.07, 6.45) is 2.39. The van der Waals surface area contributed by atoms with E-state index in [0.29, 0.717) is 17.9 Å². The zero-order chi connectivity index (χ0) is 20.1. The average molecular weight is 413 g/mol. The van der Waals surface area contributed by atoms with Crippen molar-refractivity contribution in [3.63, 3.8) is 0 Å². The molecular weight excluding hydrogens is 392 g/mol. The molecule has 2 aliphatic rings. The second-order valence-corrected chi connectivity index (χ2v) is 8.00. The maximum atomic E-state index is 10.4. The van der Waals surface area contributed by atoms with Gasteiger partial charge in [-0.2, -0.15) is 4.98 Å². The summed E-state index contributed by atoms with van der Waals surface area (Å²) in [7, 11) is 0. The van der Waals surface area contributed by atoms with Gasteiger partial charge in [-0.1, -0.05) is 24.3 Å². The van der Waals surface area contributed by atoms with Crippen molar-refractivity contribution >= 4 is 22.9 Å². The van der Waals surface area contributed by atoms with E-state index in [2.05, 4.69) is 33.6 Å². The first-order valence-electron chi connectivity index (χ1n) is 9.69. The summed E-state index contributed by atoms with van der Waals surface area (Å²) in [6, 6.07) is 12.2. The lowest BCUT2D eigenvalue weighted by Gasteiger charge is -2.17. The summed E-state index contributed by atoms with van der Waals surface area (Å²) in [4.78, 5) is 4.40. The SMILES string of the molecule is OCC1CC(c2ccc3c(N[C@@H]4CCc5ccccc54)nc(Cl)nn23)C(O)=C1O. The third-order valence-electron chi connectivity index (χ3n) is 6.03. The summed E-state index contributed by atoms with van der Waals surface area (Å²) in [5, 5.41) is 37.8. The van der Waals surface area contributed by atoms with Gasteiger partial charge < -0.3 is 20.6 Å². The molecule has 0 aliphatic heterocycles. The Bertz CT molecular complexity index is 1130. The lowest BCUT2D eigenvalue weighted by Crippen LogP contribution is -2.12. The van der Waals surface area contributed by atoms with Crippen LogP contribution in [-0.4, -0.2) is 36.5 Å². The third kappa shape index (κ3) is 2.92. The summed E-state index contributed by atoms with van der Waals surface area (Å²) < 4.78 is 1.66. The van der Waals surface area contributed by atoms with E-state index in [1.807, 2.05) is 18.2 Å². The van der Waals surface area contributed by atoms with Crippen molar-refractivity contribution in [2.75, 3.05) is 11.9 Å². The number of rotatable bonds is 4. The predicted octanol–water partition coefficient (Wildman–Crippen LogP) is 3.91. The first-order valence-corrected chi connectivity index (χ1v) is 10.1. The van der Waals surface area contributed by atoms with Crippen LogP contribution in [0.15, 0.2) is 47.9 Å². The Balaban J connectivity index is 1.53. The summed E-state index contributed by atoms with van der Waals surface area (Å²) in [5.41, 5.74) is 4.04. The van der Waals surface area contributed by atoms with Gasteiger partial charge >= 0.3 is 0 Å². The molecule has 0 saturated heterocycles. The highest BCUT2D eigenvalue weighted by molar-refractivity contribution is 6.28. The Hall–Kier alpha value is -2.77. The molecule has 0 radical (unpaired) electrons. The second kappa shape index (κ2) is 6.93. The Labute approximate surface area is 172 Å². The van der Waals surface area contributed by atoms with E-state index in [4.69, 9.17) is 11.6 Å². The first kappa shape index (κ1) is 18.3. The number of aromatic nitrogens is 3. The minimum absolute atomic E-state index is 0.0909. The number of hydrogen-bond acceptors (Lipinski definition) is 6. The molecule has 0 bridgehead atoms. The number of aryl methyl sites for hydroxylation is 1. The van der Waals surface area contributed by atoms with Crippen LogP contribution in [0, 0.1) is 5.92 Å². The standard InChI is InChI=1S/C21H21ClN4O3/c22-21-24-20(23-15-6-5-11-3-1-2-4-13(11)15)17-8-7-16(26(17)25-21)14-9-12(10-27)18(28)19(14)29/h1-4,7-8,12,14-15,27-29H,5-6,9-10H2,(H,23,24,25)/t12?,14?,15-/m1/s1. The van der Waals surface area contributed by atoms with Gasteiger partial charge in [0.1, 0.15) is 17.0 Å². The first-order chi connectivity index (χ1) is 14.1. The number of aliphatic hydroxyl groups is 3. The van der Waals surface area contributed by atoms with E-state index in [-0.39, 0.29) is 29.5 Å². The smallest absolute Gasteiger partial charge is 0.243 e. The fourth-order valence-electron chi connectivity index (χ4n) is 4.55. The maximum Gasteiger partial charge on any atom is 0.243 e. The number of halogens is 1. The average Bonchev–Trinajstić information content (AvgIpc) is 3.39. The Morgan fingerprint density at radius 3 is 2.76 bits per heavy atom. The van der Waals surface area contributed by atoms with E-state index in [1.165, 1.54) is 11.1 Å². The number of hydrogen-bond donors (Lipinski definition) is 4. The van der Waals surface area contributed by atoms with E-state index in [0.717, 1.165) is 18.4 Å². The molecule has 4 N–H and O–H groups in total. The highest BCUT2D eigenvalue weighted by atomic mass is 35.5.